The highest BCUT2D eigenvalue weighted by molar-refractivity contribution is 7.98. The minimum atomic E-state index is -0.129. The van der Waals surface area contributed by atoms with Gasteiger partial charge in [0.25, 0.3) is 0 Å². The molecule has 2 amide bonds. The number of hydrogen-bond donors (Lipinski definition) is 2. The molecule has 122 valence electrons. The Kier molecular flexibility index (Phi) is 7.02. The van der Waals surface area contributed by atoms with Crippen molar-refractivity contribution in [2.45, 2.75) is 11.3 Å². The topological polar surface area (TPSA) is 47.6 Å². The van der Waals surface area contributed by atoms with Gasteiger partial charge in [-0.2, -0.15) is 0 Å². The highest BCUT2D eigenvalue weighted by atomic mass is 32.2. The zero-order valence-electron chi connectivity index (χ0n) is 13.5. The number of hydrogen-bond acceptors (Lipinski definition) is 4. The van der Waals surface area contributed by atoms with E-state index in [1.165, 1.54) is 4.90 Å². The highest BCUT2D eigenvalue weighted by Gasteiger charge is 2.12. The maximum Gasteiger partial charge on any atom is 0.319 e. The normalized spacial score (nSPS) is 16.5. The van der Waals surface area contributed by atoms with Gasteiger partial charge in [0.2, 0.25) is 0 Å². The van der Waals surface area contributed by atoms with Gasteiger partial charge in [0.15, 0.2) is 0 Å². The van der Waals surface area contributed by atoms with Gasteiger partial charge in [-0.15, -0.1) is 11.8 Å². The summed E-state index contributed by atoms with van der Waals surface area (Å²) in [6.07, 6.45) is 3.03. The van der Waals surface area contributed by atoms with Crippen LogP contribution in [0.5, 0.6) is 0 Å². The molecule has 1 aliphatic heterocycles. The van der Waals surface area contributed by atoms with E-state index in [0.29, 0.717) is 6.54 Å². The van der Waals surface area contributed by atoms with Crippen LogP contribution in [0, 0.1) is 0 Å². The number of carbonyl (C=O) groups is 1. The van der Waals surface area contributed by atoms with Gasteiger partial charge in [-0.3, -0.25) is 0 Å². The average molecular weight is 322 g/mol. The molecule has 22 heavy (non-hydrogen) atoms. The van der Waals surface area contributed by atoms with Crippen molar-refractivity contribution in [1.29, 1.82) is 0 Å². The molecule has 0 bridgehead atoms. The average Bonchev–Trinajstić information content (AvgIpc) is 2.54. The fourth-order valence-corrected chi connectivity index (χ4v) is 2.83. The van der Waals surface area contributed by atoms with Crippen LogP contribution in [0.25, 0.3) is 0 Å². The van der Waals surface area contributed by atoms with Crippen molar-refractivity contribution in [3.63, 3.8) is 0 Å². The molecule has 0 aromatic heterocycles. The van der Waals surface area contributed by atoms with Crippen molar-refractivity contribution >= 4 is 23.5 Å². The molecule has 0 radical (unpaired) electrons. The van der Waals surface area contributed by atoms with Crippen LogP contribution in [-0.2, 0) is 0 Å². The first-order valence-electron chi connectivity index (χ1n) is 7.77. The second kappa shape index (κ2) is 9.02. The second-order valence-electron chi connectivity index (χ2n) is 5.61. The zero-order valence-corrected chi connectivity index (χ0v) is 14.3. The van der Waals surface area contributed by atoms with Gasteiger partial charge in [-0.1, -0.05) is 0 Å². The lowest BCUT2D eigenvalue weighted by Crippen LogP contribution is -2.45. The predicted molar refractivity (Wildman–Crippen MR) is 93.8 cm³/mol. The van der Waals surface area contributed by atoms with Crippen LogP contribution in [0.15, 0.2) is 29.2 Å². The fraction of sp³-hybridized carbons (Fsp3) is 0.562. The molecule has 1 heterocycles. The fourth-order valence-electron chi connectivity index (χ4n) is 2.43. The molecule has 1 saturated heterocycles. The number of amides is 2. The summed E-state index contributed by atoms with van der Waals surface area (Å²) in [5.74, 6) is 0. The van der Waals surface area contributed by atoms with Gasteiger partial charge in [-0.25, -0.2) is 4.79 Å². The Morgan fingerprint density at radius 1 is 1.18 bits per heavy atom. The zero-order chi connectivity index (χ0) is 15.8. The molecule has 0 saturated carbocycles. The Balaban J connectivity index is 1.59. The number of nitrogens with zero attached hydrogens (tertiary/aromatic N) is 2. The summed E-state index contributed by atoms with van der Waals surface area (Å²) in [4.78, 5) is 17.8. The molecule has 0 unspecified atom stereocenters. The molecule has 1 aromatic rings. The van der Waals surface area contributed by atoms with E-state index in [4.69, 9.17) is 0 Å². The largest absolute Gasteiger partial charge is 0.338 e. The van der Waals surface area contributed by atoms with Crippen LogP contribution < -0.4 is 10.6 Å². The number of nitrogens with one attached hydrogen (secondary N) is 2. The van der Waals surface area contributed by atoms with Crippen molar-refractivity contribution in [2.75, 3.05) is 57.9 Å². The molecular formula is C16H26N4OS. The van der Waals surface area contributed by atoms with Gasteiger partial charge in [0.05, 0.1) is 0 Å². The lowest BCUT2D eigenvalue weighted by molar-refractivity contribution is 0.153. The molecule has 6 heteroatoms. The second-order valence-corrected chi connectivity index (χ2v) is 6.49. The standard InChI is InChI=1S/C16H26N4OS/c1-19-10-12-20(13-11-19)9-3-8-17-16(21)18-14-4-6-15(22-2)7-5-14/h4-7H,3,8-13H2,1-2H3,(H2,17,18,21). The van der Waals surface area contributed by atoms with Gasteiger partial charge >= 0.3 is 6.03 Å². The smallest absolute Gasteiger partial charge is 0.319 e. The van der Waals surface area contributed by atoms with Crippen LogP contribution in [-0.4, -0.2) is 68.4 Å². The minimum absolute atomic E-state index is 0.129. The quantitative estimate of drug-likeness (QED) is 0.622. The number of rotatable bonds is 6. The molecule has 0 atom stereocenters. The van der Waals surface area contributed by atoms with Crippen LogP contribution in [0.4, 0.5) is 10.5 Å². The number of anilines is 1. The third-order valence-corrected chi connectivity index (χ3v) is 4.62. The van der Waals surface area contributed by atoms with E-state index in [0.717, 1.165) is 44.8 Å². The Morgan fingerprint density at radius 2 is 1.86 bits per heavy atom. The number of piperazine rings is 1. The minimum Gasteiger partial charge on any atom is -0.338 e. The highest BCUT2D eigenvalue weighted by Crippen LogP contribution is 2.17. The summed E-state index contributed by atoms with van der Waals surface area (Å²) in [6.45, 7) is 6.30. The Morgan fingerprint density at radius 3 is 2.50 bits per heavy atom. The van der Waals surface area contributed by atoms with E-state index in [9.17, 15) is 4.79 Å². The number of thioether (sulfide) groups is 1. The van der Waals surface area contributed by atoms with E-state index in [-0.39, 0.29) is 6.03 Å². The van der Waals surface area contributed by atoms with Crippen LogP contribution in [0.1, 0.15) is 6.42 Å². The molecule has 2 rings (SSSR count). The Labute approximate surface area is 137 Å². The lowest BCUT2D eigenvalue weighted by Gasteiger charge is -2.32. The van der Waals surface area contributed by atoms with Crippen molar-refractivity contribution in [2.24, 2.45) is 0 Å². The van der Waals surface area contributed by atoms with Gasteiger partial charge < -0.3 is 20.4 Å². The first-order valence-corrected chi connectivity index (χ1v) is 8.99. The summed E-state index contributed by atoms with van der Waals surface area (Å²) in [7, 11) is 2.16. The first kappa shape index (κ1) is 17.1. The SMILES string of the molecule is CSc1ccc(NC(=O)NCCCN2CCN(C)CC2)cc1. The van der Waals surface area contributed by atoms with Gasteiger partial charge in [-0.05, 0) is 50.5 Å². The maximum atomic E-state index is 11.8. The summed E-state index contributed by atoms with van der Waals surface area (Å²) < 4.78 is 0. The number of likely N-dealkylation sites (N-methyl/N-ethyl adjacent to an activating group) is 1. The van der Waals surface area contributed by atoms with E-state index < -0.39 is 0 Å². The molecule has 1 fully saturated rings. The molecule has 0 spiro atoms. The summed E-state index contributed by atoms with van der Waals surface area (Å²) in [5, 5.41) is 5.77. The van der Waals surface area contributed by atoms with E-state index in [1.54, 1.807) is 11.8 Å². The monoisotopic (exact) mass is 322 g/mol. The van der Waals surface area contributed by atoms with Crippen molar-refractivity contribution in [3.05, 3.63) is 24.3 Å². The molecule has 5 nitrogen and oxygen atoms in total. The predicted octanol–water partition coefficient (Wildman–Crippen LogP) is 2.17. The lowest BCUT2D eigenvalue weighted by atomic mass is 10.3. The molecule has 1 aromatic carbocycles. The third kappa shape index (κ3) is 5.87. The van der Waals surface area contributed by atoms with Crippen LogP contribution in [0.3, 0.4) is 0 Å². The maximum absolute atomic E-state index is 11.8. The summed E-state index contributed by atoms with van der Waals surface area (Å²) in [6, 6.07) is 7.74. The first-order chi connectivity index (χ1) is 10.7. The van der Waals surface area contributed by atoms with Crippen LogP contribution in [0.2, 0.25) is 0 Å². The Bertz CT molecular complexity index is 458. The van der Waals surface area contributed by atoms with Crippen LogP contribution >= 0.6 is 11.8 Å². The number of carbonyl (C=O) groups excluding carboxylic acids is 1. The summed E-state index contributed by atoms with van der Waals surface area (Å²) in [5.41, 5.74) is 0.828. The van der Waals surface area contributed by atoms with Crippen molar-refractivity contribution in [1.82, 2.24) is 15.1 Å². The molecule has 1 aliphatic rings. The van der Waals surface area contributed by atoms with Crippen molar-refractivity contribution < 1.29 is 4.79 Å². The number of urea groups is 1. The molecule has 0 aliphatic carbocycles. The van der Waals surface area contributed by atoms with E-state index in [2.05, 4.69) is 27.5 Å². The van der Waals surface area contributed by atoms with Crippen molar-refractivity contribution in [3.8, 4) is 0 Å². The van der Waals surface area contributed by atoms with E-state index in [1.807, 2.05) is 30.5 Å². The molecule has 2 N–H and O–H groups in total. The summed E-state index contributed by atoms with van der Waals surface area (Å²) >= 11 is 1.69. The van der Waals surface area contributed by atoms with E-state index >= 15 is 0 Å². The molecular weight excluding hydrogens is 296 g/mol. The van der Waals surface area contributed by atoms with Gasteiger partial charge in [0.1, 0.15) is 0 Å². The van der Waals surface area contributed by atoms with Gasteiger partial charge in [0, 0.05) is 43.3 Å². The third-order valence-electron chi connectivity index (χ3n) is 3.88. The Hall–Kier alpha value is -1.24. The number of benzene rings is 1.